The molecule has 0 radical (unpaired) electrons. The number of piperidine rings is 1. The lowest BCUT2D eigenvalue weighted by Crippen LogP contribution is -2.35. The van der Waals surface area contributed by atoms with Crippen molar-refractivity contribution in [3.63, 3.8) is 0 Å². The molecule has 1 saturated heterocycles. The first-order valence-corrected chi connectivity index (χ1v) is 5.62. The topological polar surface area (TPSA) is 50.1 Å². The molecule has 1 atom stereocenters. The Hall–Kier alpha value is -0.870. The molecule has 0 spiro atoms. The van der Waals surface area contributed by atoms with E-state index in [0.29, 0.717) is 12.3 Å². The van der Waals surface area contributed by atoms with Gasteiger partial charge in [0, 0.05) is 25.9 Å². The average Bonchev–Trinajstić information content (AvgIpc) is 2.66. The highest BCUT2D eigenvalue weighted by Gasteiger charge is 2.22. The number of nitrogens with zero attached hydrogens (tertiary/aromatic N) is 2. The largest absolute Gasteiger partial charge is 0.392 e. The number of aliphatic hydroxyl groups is 1. The van der Waals surface area contributed by atoms with Crippen molar-refractivity contribution in [2.75, 3.05) is 13.1 Å². The highest BCUT2D eigenvalue weighted by Crippen LogP contribution is 2.18. The number of aliphatic hydroxyl groups excluding tert-OH is 1. The van der Waals surface area contributed by atoms with Crippen LogP contribution in [0.5, 0.6) is 0 Å². The first kappa shape index (κ1) is 10.6. The van der Waals surface area contributed by atoms with E-state index >= 15 is 0 Å². The standard InChI is InChI=1S/C11H19N3O/c1-14-7-6-13-11(14)8-10(15)9-2-4-12-5-3-9/h6-7,9-10,12,15H,2-5,8H2,1H3. The number of hydrogen-bond acceptors (Lipinski definition) is 3. The number of aromatic nitrogens is 2. The Labute approximate surface area is 90.3 Å². The van der Waals surface area contributed by atoms with E-state index in [-0.39, 0.29) is 6.10 Å². The Morgan fingerprint density at radius 2 is 2.33 bits per heavy atom. The van der Waals surface area contributed by atoms with Crippen molar-refractivity contribution in [3.05, 3.63) is 18.2 Å². The first-order chi connectivity index (χ1) is 7.27. The van der Waals surface area contributed by atoms with Crippen LogP contribution in [-0.2, 0) is 13.5 Å². The summed E-state index contributed by atoms with van der Waals surface area (Å²) in [6.07, 6.45) is 6.29. The smallest absolute Gasteiger partial charge is 0.110 e. The van der Waals surface area contributed by atoms with Gasteiger partial charge in [0.15, 0.2) is 0 Å². The molecular weight excluding hydrogens is 190 g/mol. The van der Waals surface area contributed by atoms with Crippen molar-refractivity contribution in [1.29, 1.82) is 0 Å². The van der Waals surface area contributed by atoms with E-state index in [1.54, 1.807) is 6.20 Å². The van der Waals surface area contributed by atoms with Crippen LogP contribution in [0.3, 0.4) is 0 Å². The zero-order valence-electron chi connectivity index (χ0n) is 9.19. The number of aryl methyl sites for hydroxylation is 1. The van der Waals surface area contributed by atoms with Crippen LogP contribution >= 0.6 is 0 Å². The van der Waals surface area contributed by atoms with Crippen LogP contribution in [-0.4, -0.2) is 33.9 Å². The third kappa shape index (κ3) is 2.58. The third-order valence-corrected chi connectivity index (χ3v) is 3.24. The zero-order chi connectivity index (χ0) is 10.7. The van der Waals surface area contributed by atoms with Gasteiger partial charge in [-0.05, 0) is 31.8 Å². The second-order valence-corrected chi connectivity index (χ2v) is 4.31. The van der Waals surface area contributed by atoms with Crippen molar-refractivity contribution in [1.82, 2.24) is 14.9 Å². The predicted octanol–water partition coefficient (Wildman–Crippen LogP) is 0.323. The molecule has 1 aromatic heterocycles. The quantitative estimate of drug-likeness (QED) is 0.754. The van der Waals surface area contributed by atoms with Gasteiger partial charge in [0.1, 0.15) is 5.82 Å². The molecule has 1 aliphatic heterocycles. The lowest BCUT2D eigenvalue weighted by molar-refractivity contribution is 0.0867. The van der Waals surface area contributed by atoms with Crippen LogP contribution in [0.4, 0.5) is 0 Å². The summed E-state index contributed by atoms with van der Waals surface area (Å²) in [7, 11) is 1.97. The van der Waals surface area contributed by atoms with Gasteiger partial charge in [-0.25, -0.2) is 4.98 Å². The summed E-state index contributed by atoms with van der Waals surface area (Å²) in [5.41, 5.74) is 0. The Morgan fingerprint density at radius 3 is 2.93 bits per heavy atom. The lowest BCUT2D eigenvalue weighted by atomic mass is 9.90. The van der Waals surface area contributed by atoms with Crippen LogP contribution in [0.15, 0.2) is 12.4 Å². The second kappa shape index (κ2) is 4.77. The molecule has 0 aromatic carbocycles. The molecule has 2 rings (SSSR count). The molecule has 15 heavy (non-hydrogen) atoms. The SMILES string of the molecule is Cn1ccnc1CC(O)C1CCNCC1. The van der Waals surface area contributed by atoms with E-state index < -0.39 is 0 Å². The summed E-state index contributed by atoms with van der Waals surface area (Å²) in [4.78, 5) is 4.24. The molecule has 2 heterocycles. The highest BCUT2D eigenvalue weighted by molar-refractivity contribution is 4.94. The molecular formula is C11H19N3O. The lowest BCUT2D eigenvalue weighted by Gasteiger charge is -2.27. The first-order valence-electron chi connectivity index (χ1n) is 5.62. The van der Waals surface area contributed by atoms with Gasteiger partial charge < -0.3 is 15.0 Å². The number of imidazole rings is 1. The molecule has 1 aromatic rings. The van der Waals surface area contributed by atoms with E-state index in [2.05, 4.69) is 10.3 Å². The number of nitrogens with one attached hydrogen (secondary N) is 1. The van der Waals surface area contributed by atoms with Crippen molar-refractivity contribution >= 4 is 0 Å². The molecule has 4 nitrogen and oxygen atoms in total. The molecule has 0 saturated carbocycles. The highest BCUT2D eigenvalue weighted by atomic mass is 16.3. The van der Waals surface area contributed by atoms with E-state index in [9.17, 15) is 5.11 Å². The fraction of sp³-hybridized carbons (Fsp3) is 0.727. The predicted molar refractivity (Wildman–Crippen MR) is 58.5 cm³/mol. The van der Waals surface area contributed by atoms with Gasteiger partial charge in [0.05, 0.1) is 6.10 Å². The van der Waals surface area contributed by atoms with Crippen molar-refractivity contribution in [2.45, 2.75) is 25.4 Å². The van der Waals surface area contributed by atoms with Crippen molar-refractivity contribution < 1.29 is 5.11 Å². The van der Waals surface area contributed by atoms with Crippen LogP contribution in [0.25, 0.3) is 0 Å². The van der Waals surface area contributed by atoms with Gasteiger partial charge in [-0.2, -0.15) is 0 Å². The van der Waals surface area contributed by atoms with E-state index in [1.165, 1.54) is 0 Å². The summed E-state index contributed by atoms with van der Waals surface area (Å²) in [5.74, 6) is 1.41. The maximum Gasteiger partial charge on any atom is 0.110 e. The Morgan fingerprint density at radius 1 is 1.60 bits per heavy atom. The Balaban J connectivity index is 1.91. The molecule has 1 fully saturated rings. The number of hydrogen-bond donors (Lipinski definition) is 2. The zero-order valence-corrected chi connectivity index (χ0v) is 9.19. The minimum Gasteiger partial charge on any atom is -0.392 e. The van der Waals surface area contributed by atoms with E-state index in [1.807, 2.05) is 17.8 Å². The Bertz CT molecular complexity index is 305. The van der Waals surface area contributed by atoms with Crippen LogP contribution < -0.4 is 5.32 Å². The maximum atomic E-state index is 10.1. The third-order valence-electron chi connectivity index (χ3n) is 3.24. The van der Waals surface area contributed by atoms with Crippen LogP contribution in [0, 0.1) is 5.92 Å². The van der Waals surface area contributed by atoms with Crippen LogP contribution in [0.1, 0.15) is 18.7 Å². The van der Waals surface area contributed by atoms with Crippen molar-refractivity contribution in [2.24, 2.45) is 13.0 Å². The average molecular weight is 209 g/mol. The summed E-state index contributed by atoms with van der Waals surface area (Å²) < 4.78 is 1.98. The van der Waals surface area contributed by atoms with E-state index in [4.69, 9.17) is 0 Å². The van der Waals surface area contributed by atoms with Gasteiger partial charge in [-0.1, -0.05) is 0 Å². The van der Waals surface area contributed by atoms with Crippen LogP contribution in [0.2, 0.25) is 0 Å². The summed E-state index contributed by atoms with van der Waals surface area (Å²) in [6.45, 7) is 2.06. The van der Waals surface area contributed by atoms with Gasteiger partial charge in [-0.3, -0.25) is 0 Å². The van der Waals surface area contributed by atoms with Gasteiger partial charge in [-0.15, -0.1) is 0 Å². The summed E-state index contributed by atoms with van der Waals surface area (Å²) in [5, 5.41) is 13.4. The summed E-state index contributed by atoms with van der Waals surface area (Å²) in [6, 6.07) is 0. The Kier molecular flexibility index (Phi) is 3.38. The maximum absolute atomic E-state index is 10.1. The molecule has 1 aliphatic rings. The summed E-state index contributed by atoms with van der Waals surface area (Å²) >= 11 is 0. The fourth-order valence-corrected chi connectivity index (χ4v) is 2.18. The molecule has 2 N–H and O–H groups in total. The number of rotatable bonds is 3. The molecule has 0 bridgehead atoms. The molecule has 84 valence electrons. The molecule has 4 heteroatoms. The monoisotopic (exact) mass is 209 g/mol. The minimum atomic E-state index is -0.242. The van der Waals surface area contributed by atoms with Gasteiger partial charge >= 0.3 is 0 Å². The fourth-order valence-electron chi connectivity index (χ4n) is 2.18. The van der Waals surface area contributed by atoms with Gasteiger partial charge in [0.25, 0.3) is 0 Å². The van der Waals surface area contributed by atoms with Crippen molar-refractivity contribution in [3.8, 4) is 0 Å². The second-order valence-electron chi connectivity index (χ2n) is 4.31. The normalized spacial score (nSPS) is 20.4. The van der Waals surface area contributed by atoms with E-state index in [0.717, 1.165) is 31.8 Å². The molecule has 1 unspecified atom stereocenters. The molecule has 0 amide bonds. The van der Waals surface area contributed by atoms with Gasteiger partial charge in [0.2, 0.25) is 0 Å². The molecule has 0 aliphatic carbocycles. The minimum absolute atomic E-state index is 0.242.